The van der Waals surface area contributed by atoms with Crippen LogP contribution in [0.4, 0.5) is 17.1 Å². The molecule has 0 saturated heterocycles. The summed E-state index contributed by atoms with van der Waals surface area (Å²) in [5.74, 6) is 0. The second-order valence-electron chi connectivity index (χ2n) is 5.57. The number of rotatable bonds is 5. The molecule has 0 spiro atoms. The van der Waals surface area contributed by atoms with E-state index in [4.69, 9.17) is 34.8 Å². The van der Waals surface area contributed by atoms with Gasteiger partial charge >= 0.3 is 0 Å². The summed E-state index contributed by atoms with van der Waals surface area (Å²) < 4.78 is 0. The highest BCUT2D eigenvalue weighted by atomic mass is 35.5. The number of benzene rings is 2. The van der Waals surface area contributed by atoms with Gasteiger partial charge in [0.05, 0.1) is 27.1 Å². The van der Waals surface area contributed by atoms with Crippen LogP contribution >= 0.6 is 34.8 Å². The number of aliphatic imine (C=N–C) groups is 1. The lowest BCUT2D eigenvalue weighted by Gasteiger charge is -2.23. The summed E-state index contributed by atoms with van der Waals surface area (Å²) >= 11 is 18.5. The Kier molecular flexibility index (Phi) is 6.39. The summed E-state index contributed by atoms with van der Waals surface area (Å²) in [6, 6.07) is 9.43. The van der Waals surface area contributed by atoms with Crippen LogP contribution in [0.1, 0.15) is 12.5 Å². The summed E-state index contributed by atoms with van der Waals surface area (Å²) in [5, 5.41) is 1.66. The lowest BCUT2D eigenvalue weighted by atomic mass is 10.1. The van der Waals surface area contributed by atoms with Crippen LogP contribution in [-0.4, -0.2) is 31.9 Å². The minimum absolute atomic E-state index is 0.522. The van der Waals surface area contributed by atoms with Crippen molar-refractivity contribution in [2.75, 3.05) is 25.5 Å². The molecule has 128 valence electrons. The van der Waals surface area contributed by atoms with Gasteiger partial charge in [0, 0.05) is 32.0 Å². The monoisotopic (exact) mass is 383 g/mol. The molecule has 0 saturated carbocycles. The lowest BCUT2D eigenvalue weighted by Crippen LogP contribution is -2.14. The molecule has 6 heteroatoms. The summed E-state index contributed by atoms with van der Waals surface area (Å²) in [6.45, 7) is 4.98. The Bertz CT molecular complexity index is 759. The fraction of sp³-hybridized carbons (Fsp3) is 0.278. The molecule has 0 N–H and O–H groups in total. The average molecular weight is 385 g/mol. The molecule has 3 nitrogen and oxygen atoms in total. The molecule has 0 aliphatic rings. The average Bonchev–Trinajstić information content (AvgIpc) is 2.56. The number of halogens is 3. The van der Waals surface area contributed by atoms with E-state index in [1.165, 1.54) is 0 Å². The first-order chi connectivity index (χ1) is 11.3. The maximum Gasteiger partial charge on any atom is 0.0910 e. The topological polar surface area (TPSA) is 18.8 Å². The van der Waals surface area contributed by atoms with Gasteiger partial charge in [0.15, 0.2) is 0 Å². The standard InChI is InChI=1S/C18H20Cl3N3/c1-5-23(3)11-22-17-8-12(2)18(10-16(17)21)24(4)13-6-7-14(19)15(20)9-13/h6-11H,5H2,1-4H3. The molecule has 0 amide bonds. The molecule has 2 rings (SSSR count). The highest BCUT2D eigenvalue weighted by Crippen LogP contribution is 2.36. The Morgan fingerprint density at radius 1 is 1.00 bits per heavy atom. The Balaban J connectivity index is 2.35. The molecule has 0 aliphatic heterocycles. The number of hydrogen-bond donors (Lipinski definition) is 0. The van der Waals surface area contributed by atoms with E-state index in [-0.39, 0.29) is 0 Å². The van der Waals surface area contributed by atoms with Crippen molar-refractivity contribution < 1.29 is 0 Å². The number of anilines is 2. The summed E-state index contributed by atoms with van der Waals surface area (Å²) in [7, 11) is 3.93. The largest absolute Gasteiger partial charge is 0.366 e. The highest BCUT2D eigenvalue weighted by Gasteiger charge is 2.12. The van der Waals surface area contributed by atoms with Crippen LogP contribution in [0, 0.1) is 6.92 Å². The van der Waals surface area contributed by atoms with Crippen molar-refractivity contribution in [3.63, 3.8) is 0 Å². The van der Waals surface area contributed by atoms with Crippen molar-refractivity contribution in [3.8, 4) is 0 Å². The van der Waals surface area contributed by atoms with Gasteiger partial charge in [-0.3, -0.25) is 0 Å². The predicted octanol–water partition coefficient (Wildman–Crippen LogP) is 6.33. The molecule has 0 fully saturated rings. The molecule has 0 bridgehead atoms. The third kappa shape index (κ3) is 4.35. The van der Waals surface area contributed by atoms with Crippen LogP contribution in [0.15, 0.2) is 35.3 Å². The second-order valence-corrected chi connectivity index (χ2v) is 6.79. The third-order valence-electron chi connectivity index (χ3n) is 3.81. The molecule has 2 aromatic rings. The molecule has 0 radical (unpaired) electrons. The van der Waals surface area contributed by atoms with Crippen LogP contribution in [-0.2, 0) is 0 Å². The van der Waals surface area contributed by atoms with Crippen LogP contribution in [0.2, 0.25) is 15.1 Å². The van der Waals surface area contributed by atoms with E-state index in [0.29, 0.717) is 15.1 Å². The van der Waals surface area contributed by atoms with Crippen molar-refractivity contribution >= 4 is 58.2 Å². The summed E-state index contributed by atoms with van der Waals surface area (Å²) in [4.78, 5) is 8.46. The van der Waals surface area contributed by atoms with Gasteiger partial charge in [-0.1, -0.05) is 34.8 Å². The molecular weight excluding hydrogens is 365 g/mol. The normalized spacial score (nSPS) is 11.1. The quantitative estimate of drug-likeness (QED) is 0.443. The molecule has 2 aromatic carbocycles. The fourth-order valence-corrected chi connectivity index (χ4v) is 2.69. The highest BCUT2D eigenvalue weighted by molar-refractivity contribution is 6.42. The first-order valence-corrected chi connectivity index (χ1v) is 8.70. The van der Waals surface area contributed by atoms with Gasteiger partial charge in [-0.05, 0) is 49.7 Å². The molecule has 0 aromatic heterocycles. The molecule has 0 atom stereocenters. The Hall–Kier alpha value is -1.42. The molecular formula is C18H20Cl3N3. The van der Waals surface area contributed by atoms with Crippen LogP contribution < -0.4 is 4.90 Å². The Morgan fingerprint density at radius 2 is 1.71 bits per heavy atom. The van der Waals surface area contributed by atoms with Gasteiger partial charge in [0.1, 0.15) is 0 Å². The van der Waals surface area contributed by atoms with Gasteiger partial charge in [-0.15, -0.1) is 0 Å². The SMILES string of the molecule is CCN(C)C=Nc1cc(C)c(N(C)c2ccc(Cl)c(Cl)c2)cc1Cl. The third-order valence-corrected chi connectivity index (χ3v) is 4.85. The molecule has 24 heavy (non-hydrogen) atoms. The van der Waals surface area contributed by atoms with Gasteiger partial charge < -0.3 is 9.80 Å². The van der Waals surface area contributed by atoms with Crippen LogP contribution in [0.5, 0.6) is 0 Å². The predicted molar refractivity (Wildman–Crippen MR) is 107 cm³/mol. The van der Waals surface area contributed by atoms with Crippen molar-refractivity contribution in [1.82, 2.24) is 4.90 Å². The number of nitrogens with zero attached hydrogens (tertiary/aromatic N) is 3. The zero-order chi connectivity index (χ0) is 17.9. The van der Waals surface area contributed by atoms with E-state index in [1.807, 2.05) is 55.1 Å². The fourth-order valence-electron chi connectivity index (χ4n) is 2.19. The van der Waals surface area contributed by atoms with E-state index in [9.17, 15) is 0 Å². The van der Waals surface area contributed by atoms with Crippen molar-refractivity contribution in [3.05, 3.63) is 51.0 Å². The van der Waals surface area contributed by atoms with E-state index in [0.717, 1.165) is 29.2 Å². The van der Waals surface area contributed by atoms with E-state index in [2.05, 4.69) is 11.9 Å². The second kappa shape index (κ2) is 8.11. The molecule has 0 heterocycles. The van der Waals surface area contributed by atoms with Crippen LogP contribution in [0.3, 0.4) is 0 Å². The zero-order valence-electron chi connectivity index (χ0n) is 14.1. The summed E-state index contributed by atoms with van der Waals surface area (Å²) in [5.41, 5.74) is 3.74. The number of aryl methyl sites for hydroxylation is 1. The molecule has 0 aliphatic carbocycles. The van der Waals surface area contributed by atoms with E-state index >= 15 is 0 Å². The van der Waals surface area contributed by atoms with Gasteiger partial charge in [-0.2, -0.15) is 0 Å². The molecule has 0 unspecified atom stereocenters. The smallest absolute Gasteiger partial charge is 0.0910 e. The maximum absolute atomic E-state index is 6.41. The van der Waals surface area contributed by atoms with Crippen molar-refractivity contribution in [2.24, 2.45) is 4.99 Å². The maximum atomic E-state index is 6.41. The minimum Gasteiger partial charge on any atom is -0.366 e. The van der Waals surface area contributed by atoms with E-state index < -0.39 is 0 Å². The minimum atomic E-state index is 0.522. The first-order valence-electron chi connectivity index (χ1n) is 7.56. The number of hydrogen-bond acceptors (Lipinski definition) is 2. The van der Waals surface area contributed by atoms with E-state index in [1.54, 1.807) is 12.4 Å². The lowest BCUT2D eigenvalue weighted by molar-refractivity contribution is 0.552. The first kappa shape index (κ1) is 18.9. The van der Waals surface area contributed by atoms with Gasteiger partial charge in [-0.25, -0.2) is 4.99 Å². The Morgan fingerprint density at radius 3 is 2.33 bits per heavy atom. The van der Waals surface area contributed by atoms with Gasteiger partial charge in [0.2, 0.25) is 0 Å². The van der Waals surface area contributed by atoms with Crippen molar-refractivity contribution in [2.45, 2.75) is 13.8 Å². The zero-order valence-corrected chi connectivity index (χ0v) is 16.4. The van der Waals surface area contributed by atoms with Crippen molar-refractivity contribution in [1.29, 1.82) is 0 Å². The Labute approximate surface area is 158 Å². The van der Waals surface area contributed by atoms with Crippen LogP contribution in [0.25, 0.3) is 0 Å². The van der Waals surface area contributed by atoms with Gasteiger partial charge in [0.25, 0.3) is 0 Å². The summed E-state index contributed by atoms with van der Waals surface area (Å²) in [6.07, 6.45) is 1.78.